The second kappa shape index (κ2) is 7.55. The highest BCUT2D eigenvalue weighted by Gasteiger charge is 2.21. The van der Waals surface area contributed by atoms with Gasteiger partial charge in [0.1, 0.15) is 0 Å². The second-order valence-corrected chi connectivity index (χ2v) is 5.47. The van der Waals surface area contributed by atoms with Gasteiger partial charge in [0.2, 0.25) is 0 Å². The molecule has 0 aliphatic carbocycles. The summed E-state index contributed by atoms with van der Waals surface area (Å²) in [6.45, 7) is 4.10. The summed E-state index contributed by atoms with van der Waals surface area (Å²) >= 11 is 0. The highest BCUT2D eigenvalue weighted by molar-refractivity contribution is 5.98. The van der Waals surface area contributed by atoms with E-state index >= 15 is 0 Å². The summed E-state index contributed by atoms with van der Waals surface area (Å²) in [6.07, 6.45) is 2.18. The zero-order valence-corrected chi connectivity index (χ0v) is 13.0. The van der Waals surface area contributed by atoms with Crippen molar-refractivity contribution in [2.24, 2.45) is 5.92 Å². The zero-order chi connectivity index (χ0) is 15.9. The highest BCUT2D eigenvalue weighted by atomic mass is 16.5. The molecule has 1 unspecified atom stereocenters. The molecule has 114 valence electrons. The van der Waals surface area contributed by atoms with E-state index in [-0.39, 0.29) is 18.2 Å². The maximum atomic E-state index is 12.5. The molecule has 2 rings (SSSR count). The van der Waals surface area contributed by atoms with Gasteiger partial charge >= 0.3 is 0 Å². The van der Waals surface area contributed by atoms with Crippen molar-refractivity contribution in [3.63, 3.8) is 0 Å². The van der Waals surface area contributed by atoms with Crippen LogP contribution in [-0.2, 0) is 0 Å². The summed E-state index contributed by atoms with van der Waals surface area (Å²) in [4.78, 5) is 12.5. The molecule has 0 N–H and O–H groups in total. The van der Waals surface area contributed by atoms with Crippen molar-refractivity contribution in [2.75, 3.05) is 6.54 Å². The van der Waals surface area contributed by atoms with Crippen LogP contribution >= 0.6 is 0 Å². The fraction of sp³-hybridized carbons (Fsp3) is 0.263. The number of hydroxylamine groups is 1. The van der Waals surface area contributed by atoms with E-state index in [9.17, 15) is 10.0 Å². The topological polar surface area (TPSA) is 43.1 Å². The molecule has 2 aromatic rings. The van der Waals surface area contributed by atoms with Crippen molar-refractivity contribution in [3.05, 3.63) is 76.5 Å². The Morgan fingerprint density at radius 3 is 2.36 bits per heavy atom. The smallest absolute Gasteiger partial charge is 0.181 e. The summed E-state index contributed by atoms with van der Waals surface area (Å²) in [5.41, 5.74) is 2.63. The van der Waals surface area contributed by atoms with Gasteiger partial charge in [-0.2, -0.15) is 0 Å². The zero-order valence-electron chi connectivity index (χ0n) is 13.0. The monoisotopic (exact) mass is 295 g/mol. The van der Waals surface area contributed by atoms with E-state index in [0.717, 1.165) is 15.9 Å². The predicted octanol–water partition coefficient (Wildman–Crippen LogP) is 3.83. The molecule has 0 radical (unpaired) electrons. The first-order valence-electron chi connectivity index (χ1n) is 7.54. The number of benzene rings is 2. The van der Waals surface area contributed by atoms with Crippen LogP contribution in [-0.4, -0.2) is 23.3 Å². The lowest BCUT2D eigenvalue weighted by Crippen LogP contribution is -2.24. The van der Waals surface area contributed by atoms with Crippen LogP contribution in [0.1, 0.15) is 34.8 Å². The van der Waals surface area contributed by atoms with Gasteiger partial charge in [0.05, 0.1) is 5.92 Å². The summed E-state index contributed by atoms with van der Waals surface area (Å²) in [7, 11) is 0. The summed E-state index contributed by atoms with van der Waals surface area (Å²) in [6, 6.07) is 16.9. The molecule has 3 heteroatoms. The molecule has 0 bridgehead atoms. The quantitative estimate of drug-likeness (QED) is 0.267. The van der Waals surface area contributed by atoms with Gasteiger partial charge in [-0.1, -0.05) is 55.0 Å². The molecule has 1 atom stereocenters. The lowest BCUT2D eigenvalue weighted by atomic mass is 9.95. The van der Waals surface area contributed by atoms with Gasteiger partial charge in [0.15, 0.2) is 18.5 Å². The van der Waals surface area contributed by atoms with E-state index in [1.165, 1.54) is 6.21 Å². The van der Waals surface area contributed by atoms with Crippen molar-refractivity contribution in [3.8, 4) is 0 Å². The Hall–Kier alpha value is -2.42. The number of rotatable bonds is 6. The van der Waals surface area contributed by atoms with Crippen molar-refractivity contribution in [2.45, 2.75) is 20.3 Å². The van der Waals surface area contributed by atoms with Crippen molar-refractivity contribution >= 4 is 12.0 Å². The van der Waals surface area contributed by atoms with Gasteiger partial charge in [-0.15, -0.1) is 0 Å². The number of nitrogens with zero attached hydrogens (tertiary/aromatic N) is 1. The van der Waals surface area contributed by atoms with Crippen LogP contribution in [0.25, 0.3) is 0 Å². The van der Waals surface area contributed by atoms with E-state index in [1.807, 2.05) is 68.4 Å². The van der Waals surface area contributed by atoms with Crippen LogP contribution in [0.5, 0.6) is 0 Å². The van der Waals surface area contributed by atoms with Crippen molar-refractivity contribution in [1.29, 1.82) is 0 Å². The van der Waals surface area contributed by atoms with Crippen LogP contribution in [0, 0.1) is 18.0 Å². The fourth-order valence-corrected chi connectivity index (χ4v) is 2.33. The lowest BCUT2D eigenvalue weighted by molar-refractivity contribution is -0.458. The lowest BCUT2D eigenvalue weighted by Gasteiger charge is -2.13. The highest BCUT2D eigenvalue weighted by Crippen LogP contribution is 2.14. The molecule has 0 fully saturated rings. The minimum atomic E-state index is -0.292. The van der Waals surface area contributed by atoms with E-state index in [1.54, 1.807) is 0 Å². The largest absolute Gasteiger partial charge is 0.624 e. The molecule has 0 aromatic heterocycles. The number of hydrogen-bond acceptors (Lipinski definition) is 2. The normalized spacial score (nSPS) is 12.9. The Kier molecular flexibility index (Phi) is 5.48. The number of hydrogen-bond donors (Lipinski definition) is 0. The van der Waals surface area contributed by atoms with Crippen LogP contribution in [0.15, 0.2) is 54.6 Å². The third-order valence-electron chi connectivity index (χ3n) is 3.69. The second-order valence-electron chi connectivity index (χ2n) is 5.47. The molecule has 2 aromatic carbocycles. The first-order valence-corrected chi connectivity index (χ1v) is 7.54. The molecular formula is C19H21NO2. The third kappa shape index (κ3) is 4.29. The van der Waals surface area contributed by atoms with Crippen LogP contribution in [0.2, 0.25) is 0 Å². The van der Waals surface area contributed by atoms with E-state index < -0.39 is 0 Å². The summed E-state index contributed by atoms with van der Waals surface area (Å²) in [5, 5.41) is 12.1. The minimum Gasteiger partial charge on any atom is -0.624 e. The van der Waals surface area contributed by atoms with Crippen molar-refractivity contribution < 1.29 is 9.53 Å². The summed E-state index contributed by atoms with van der Waals surface area (Å²) in [5.74, 6) is -0.259. The van der Waals surface area contributed by atoms with Crippen LogP contribution < -0.4 is 0 Å². The molecular weight excluding hydrogens is 274 g/mol. The van der Waals surface area contributed by atoms with Gasteiger partial charge in [-0.05, 0) is 25.5 Å². The van der Waals surface area contributed by atoms with Crippen LogP contribution in [0.4, 0.5) is 0 Å². The number of ketones is 1. The SMILES string of the molecule is CCC(C[N+]([O-])=Cc1ccccc1)C(=O)c1ccc(C)cc1. The Labute approximate surface area is 131 Å². The molecule has 0 aliphatic heterocycles. The first kappa shape index (κ1) is 16.0. The van der Waals surface area contributed by atoms with E-state index in [4.69, 9.17) is 0 Å². The Balaban J connectivity index is 2.10. The molecule has 0 amide bonds. The number of carbonyl (C=O) groups is 1. The number of carbonyl (C=O) groups excluding carboxylic acids is 1. The van der Waals surface area contributed by atoms with Crippen LogP contribution in [0.3, 0.4) is 0 Å². The average molecular weight is 295 g/mol. The third-order valence-corrected chi connectivity index (χ3v) is 3.69. The molecule has 3 nitrogen and oxygen atoms in total. The van der Waals surface area contributed by atoms with Gasteiger partial charge in [0.25, 0.3) is 0 Å². The van der Waals surface area contributed by atoms with Gasteiger partial charge < -0.3 is 5.21 Å². The maximum absolute atomic E-state index is 12.5. The average Bonchev–Trinajstić information content (AvgIpc) is 2.53. The van der Waals surface area contributed by atoms with Crippen molar-refractivity contribution in [1.82, 2.24) is 0 Å². The predicted molar refractivity (Wildman–Crippen MR) is 89.4 cm³/mol. The standard InChI is InChI=1S/C19H21NO2/c1-3-17(19(21)18-11-9-15(2)10-12-18)14-20(22)13-16-7-5-4-6-8-16/h4-13,17H,3,14H2,1-2H3. The van der Waals surface area contributed by atoms with Gasteiger partial charge in [0, 0.05) is 11.1 Å². The fourth-order valence-electron chi connectivity index (χ4n) is 2.33. The minimum absolute atomic E-state index is 0.0322. The molecule has 0 aliphatic rings. The molecule has 0 saturated heterocycles. The Morgan fingerprint density at radius 1 is 1.14 bits per heavy atom. The summed E-state index contributed by atoms with van der Waals surface area (Å²) < 4.78 is 0.857. The Bertz CT molecular complexity index is 645. The van der Waals surface area contributed by atoms with E-state index in [0.29, 0.717) is 12.0 Å². The molecule has 0 saturated carbocycles. The van der Waals surface area contributed by atoms with Gasteiger partial charge in [-0.25, -0.2) is 4.74 Å². The molecule has 0 spiro atoms. The van der Waals surface area contributed by atoms with E-state index in [2.05, 4.69) is 0 Å². The first-order chi connectivity index (χ1) is 10.6. The Morgan fingerprint density at radius 2 is 1.77 bits per heavy atom. The molecule has 0 heterocycles. The van der Waals surface area contributed by atoms with Gasteiger partial charge in [-0.3, -0.25) is 4.79 Å². The molecule has 22 heavy (non-hydrogen) atoms. The maximum Gasteiger partial charge on any atom is 0.181 e. The number of aryl methyl sites for hydroxylation is 1. The number of Topliss-reactive ketones (excluding diaryl/α,β-unsaturated/α-hetero) is 1.